The molecule has 0 spiro atoms. The fourth-order valence-corrected chi connectivity index (χ4v) is 7.88. The highest BCUT2D eigenvalue weighted by Crippen LogP contribution is 2.55. The molecule has 1 amide bonds. The van der Waals surface area contributed by atoms with Gasteiger partial charge in [0.1, 0.15) is 11.4 Å². The molecule has 0 radical (unpaired) electrons. The standard InChI is InChI=1S/C35H28F6N2O3S/c1-18-14-20(19(2)44)4-7-24(18)21-5-11-30(46-3)27(15-21)25-8-6-23(34(36,37)38)17-26(25)28-9-10-29-32(47-33(45)43(28)29)22-12-13-42-31(16-22)35(39,40)41/h4-8,11-17,28-29,32H,9-10H2,1-3H3/t28-,29-,32+/m0/s1. The Hall–Kier alpha value is -4.32. The van der Waals surface area contributed by atoms with E-state index in [2.05, 4.69) is 4.98 Å². The van der Waals surface area contributed by atoms with Crippen molar-refractivity contribution in [1.82, 2.24) is 9.88 Å². The molecular formula is C35H28F6N2O3S. The molecule has 0 bridgehead atoms. The minimum Gasteiger partial charge on any atom is -0.496 e. The zero-order chi connectivity index (χ0) is 33.8. The second-order valence-corrected chi connectivity index (χ2v) is 12.7. The first-order valence-electron chi connectivity index (χ1n) is 14.7. The van der Waals surface area contributed by atoms with Crippen LogP contribution in [0.25, 0.3) is 22.3 Å². The van der Waals surface area contributed by atoms with Crippen LogP contribution >= 0.6 is 11.8 Å². The smallest absolute Gasteiger partial charge is 0.433 e. The van der Waals surface area contributed by atoms with Crippen molar-refractivity contribution in [3.8, 4) is 28.0 Å². The van der Waals surface area contributed by atoms with Crippen molar-refractivity contribution in [3.63, 3.8) is 0 Å². The summed E-state index contributed by atoms with van der Waals surface area (Å²) in [4.78, 5) is 30.3. The summed E-state index contributed by atoms with van der Waals surface area (Å²) in [5.41, 5.74) is 2.47. The summed E-state index contributed by atoms with van der Waals surface area (Å²) in [5.74, 6) is 0.319. The van der Waals surface area contributed by atoms with Gasteiger partial charge in [-0.05, 0) is 103 Å². The molecule has 12 heteroatoms. The van der Waals surface area contributed by atoms with E-state index in [0.717, 1.165) is 52.8 Å². The van der Waals surface area contributed by atoms with Crippen LogP contribution in [-0.4, -0.2) is 34.1 Å². The van der Waals surface area contributed by atoms with Crippen LogP contribution in [0.1, 0.15) is 69.4 Å². The van der Waals surface area contributed by atoms with Crippen molar-refractivity contribution in [2.24, 2.45) is 0 Å². The summed E-state index contributed by atoms with van der Waals surface area (Å²) in [5, 5.41) is -1.07. The lowest BCUT2D eigenvalue weighted by atomic mass is 9.89. The number of thioether (sulfide) groups is 1. The number of aromatic nitrogens is 1. The maximum absolute atomic E-state index is 14.1. The highest BCUT2D eigenvalue weighted by atomic mass is 32.2. The number of benzene rings is 3. The van der Waals surface area contributed by atoms with E-state index in [1.165, 1.54) is 31.1 Å². The van der Waals surface area contributed by atoms with Crippen molar-refractivity contribution in [3.05, 3.63) is 106 Å². The molecule has 3 aromatic carbocycles. The number of ether oxygens (including phenoxy) is 1. The Morgan fingerprint density at radius 1 is 0.894 bits per heavy atom. The van der Waals surface area contributed by atoms with Crippen LogP contribution in [0.2, 0.25) is 0 Å². The topological polar surface area (TPSA) is 59.5 Å². The number of ketones is 1. The van der Waals surface area contributed by atoms with E-state index in [1.54, 1.807) is 18.2 Å². The number of hydrogen-bond acceptors (Lipinski definition) is 5. The third-order valence-electron chi connectivity index (χ3n) is 8.79. The van der Waals surface area contributed by atoms with Crippen molar-refractivity contribution < 1.29 is 40.7 Å². The highest BCUT2D eigenvalue weighted by Gasteiger charge is 2.50. The van der Waals surface area contributed by atoms with E-state index < -0.39 is 46.2 Å². The van der Waals surface area contributed by atoms with Crippen molar-refractivity contribution >= 4 is 22.8 Å². The average molecular weight is 671 g/mol. The first kappa shape index (κ1) is 32.6. The number of methoxy groups -OCH3 is 1. The molecule has 0 aliphatic carbocycles. The maximum atomic E-state index is 14.1. The Kier molecular flexibility index (Phi) is 8.36. The average Bonchev–Trinajstić information content (AvgIpc) is 3.60. The maximum Gasteiger partial charge on any atom is 0.433 e. The monoisotopic (exact) mass is 670 g/mol. The van der Waals surface area contributed by atoms with Crippen LogP contribution in [0.5, 0.6) is 5.75 Å². The van der Waals surface area contributed by atoms with Gasteiger partial charge in [-0.2, -0.15) is 26.3 Å². The van der Waals surface area contributed by atoms with Gasteiger partial charge in [0.25, 0.3) is 5.24 Å². The van der Waals surface area contributed by atoms with E-state index in [1.807, 2.05) is 25.1 Å². The van der Waals surface area contributed by atoms with Crippen molar-refractivity contribution in [2.45, 2.75) is 56.4 Å². The van der Waals surface area contributed by atoms with E-state index in [4.69, 9.17) is 4.74 Å². The van der Waals surface area contributed by atoms with E-state index in [9.17, 15) is 35.9 Å². The number of fused-ring (bicyclic) bond motifs is 1. The number of aryl methyl sites for hydroxylation is 1. The van der Waals surface area contributed by atoms with Gasteiger partial charge in [-0.3, -0.25) is 14.6 Å². The van der Waals surface area contributed by atoms with E-state index >= 15 is 0 Å². The number of rotatable bonds is 6. The second-order valence-electron chi connectivity index (χ2n) is 11.6. The molecule has 2 saturated heterocycles. The molecule has 0 saturated carbocycles. The number of hydrogen-bond donors (Lipinski definition) is 0. The Morgan fingerprint density at radius 3 is 2.30 bits per heavy atom. The Bertz CT molecular complexity index is 1890. The fourth-order valence-electron chi connectivity index (χ4n) is 6.57. The molecule has 2 fully saturated rings. The number of halogens is 6. The third-order valence-corrected chi connectivity index (χ3v) is 10.0. The summed E-state index contributed by atoms with van der Waals surface area (Å²) in [7, 11) is 1.45. The van der Waals surface area contributed by atoms with Gasteiger partial charge in [-0.25, -0.2) is 0 Å². The third kappa shape index (κ3) is 6.10. The van der Waals surface area contributed by atoms with Gasteiger partial charge in [-0.15, -0.1) is 0 Å². The fraction of sp³-hybridized carbons (Fsp3) is 0.286. The second kappa shape index (κ2) is 12.0. The molecule has 4 aromatic rings. The van der Waals surface area contributed by atoms with Crippen LogP contribution in [0.4, 0.5) is 31.1 Å². The molecule has 1 aromatic heterocycles. The van der Waals surface area contributed by atoms with Crippen molar-refractivity contribution in [1.29, 1.82) is 0 Å². The molecule has 244 valence electrons. The quantitative estimate of drug-likeness (QED) is 0.151. The van der Waals surface area contributed by atoms with E-state index in [-0.39, 0.29) is 16.9 Å². The number of amides is 1. The van der Waals surface area contributed by atoms with Gasteiger partial charge in [0.05, 0.1) is 24.0 Å². The molecule has 6 rings (SSSR count). The number of alkyl halides is 6. The minimum atomic E-state index is -4.67. The van der Waals surface area contributed by atoms with Crippen LogP contribution in [0.15, 0.2) is 72.9 Å². The van der Waals surface area contributed by atoms with Gasteiger partial charge in [0.2, 0.25) is 0 Å². The van der Waals surface area contributed by atoms with Crippen LogP contribution in [0.3, 0.4) is 0 Å². The summed E-state index contributed by atoms with van der Waals surface area (Å²) >= 11 is 0.873. The summed E-state index contributed by atoms with van der Waals surface area (Å²) in [6, 6.07) is 15.2. The summed E-state index contributed by atoms with van der Waals surface area (Å²) < 4.78 is 88.2. The van der Waals surface area contributed by atoms with E-state index in [0.29, 0.717) is 35.3 Å². The summed E-state index contributed by atoms with van der Waals surface area (Å²) in [6.07, 6.45) is -7.59. The van der Waals surface area contributed by atoms with Crippen molar-refractivity contribution in [2.75, 3.05) is 7.11 Å². The van der Waals surface area contributed by atoms with Gasteiger partial charge in [-0.1, -0.05) is 36.0 Å². The molecule has 2 aliphatic rings. The van der Waals surface area contributed by atoms with Crippen LogP contribution in [-0.2, 0) is 12.4 Å². The minimum absolute atomic E-state index is 0.0825. The molecule has 3 heterocycles. The van der Waals surface area contributed by atoms with Gasteiger partial charge in [0.15, 0.2) is 5.78 Å². The zero-order valence-electron chi connectivity index (χ0n) is 25.4. The molecule has 3 atom stereocenters. The van der Waals surface area contributed by atoms with Gasteiger partial charge >= 0.3 is 12.4 Å². The number of carbonyl (C=O) groups excluding carboxylic acids is 2. The van der Waals surface area contributed by atoms with Crippen LogP contribution < -0.4 is 4.74 Å². The number of nitrogens with zero attached hydrogens (tertiary/aromatic N) is 2. The predicted octanol–water partition coefficient (Wildman–Crippen LogP) is 10.1. The van der Waals surface area contributed by atoms with Gasteiger partial charge in [0, 0.05) is 23.4 Å². The Balaban J connectivity index is 1.45. The zero-order valence-corrected chi connectivity index (χ0v) is 26.2. The van der Waals surface area contributed by atoms with Gasteiger partial charge < -0.3 is 9.64 Å². The lowest BCUT2D eigenvalue weighted by Gasteiger charge is -2.28. The summed E-state index contributed by atoms with van der Waals surface area (Å²) in [6.45, 7) is 3.34. The number of Topliss-reactive ketones (excluding diaryl/α,β-unsaturated/α-hetero) is 1. The highest BCUT2D eigenvalue weighted by molar-refractivity contribution is 8.14. The molecule has 0 N–H and O–H groups in total. The first-order chi connectivity index (χ1) is 22.2. The lowest BCUT2D eigenvalue weighted by Crippen LogP contribution is -2.31. The normalized spacial score (nSPS) is 19.6. The molecular weight excluding hydrogens is 642 g/mol. The SMILES string of the molecule is COc1ccc(-c2ccc(C(C)=O)cc2C)cc1-c1ccc(C(F)(F)F)cc1[C@@H]1CC[C@H]2[C@@H](c3ccnc(C(F)(F)F)c3)SC(=O)N12. The lowest BCUT2D eigenvalue weighted by molar-refractivity contribution is -0.141. The largest absolute Gasteiger partial charge is 0.496 e. The molecule has 2 aliphatic heterocycles. The number of carbonyl (C=O) groups is 2. The first-order valence-corrected chi connectivity index (χ1v) is 15.6. The Labute approximate surface area is 271 Å². The number of pyridine rings is 1. The molecule has 47 heavy (non-hydrogen) atoms. The molecule has 0 unspecified atom stereocenters. The molecule has 5 nitrogen and oxygen atoms in total. The Morgan fingerprint density at radius 2 is 1.64 bits per heavy atom. The predicted molar refractivity (Wildman–Crippen MR) is 166 cm³/mol. The van der Waals surface area contributed by atoms with Crippen LogP contribution in [0, 0.1) is 6.92 Å².